The molecule has 29 heavy (non-hydrogen) atoms. The third-order valence-corrected chi connectivity index (χ3v) is 7.12. The largest absolute Gasteiger partial charge is 0.395 e. The van der Waals surface area contributed by atoms with Gasteiger partial charge in [-0.1, -0.05) is 12.1 Å². The molecule has 0 unspecified atom stereocenters. The molecule has 4 heterocycles. The van der Waals surface area contributed by atoms with Crippen LogP contribution in [0, 0.1) is 0 Å². The summed E-state index contributed by atoms with van der Waals surface area (Å²) in [6.45, 7) is 5.99. The van der Waals surface area contributed by atoms with Gasteiger partial charge in [-0.25, -0.2) is 4.68 Å². The molecule has 8 nitrogen and oxygen atoms in total. The number of aryl methyl sites for hydroxylation is 1. The Morgan fingerprint density at radius 1 is 1.41 bits per heavy atom. The van der Waals surface area contributed by atoms with Gasteiger partial charge in [0.15, 0.2) is 0 Å². The summed E-state index contributed by atoms with van der Waals surface area (Å²) in [6, 6.07) is 2.38. The van der Waals surface area contributed by atoms with Gasteiger partial charge in [0.1, 0.15) is 6.54 Å². The number of thiophene rings is 1. The highest BCUT2D eigenvalue weighted by molar-refractivity contribution is 7.12. The lowest BCUT2D eigenvalue weighted by Gasteiger charge is -2.44. The number of nitrogens with zero attached hydrogens (tertiary/aromatic N) is 4. The van der Waals surface area contributed by atoms with Crippen LogP contribution >= 0.6 is 11.3 Å². The summed E-state index contributed by atoms with van der Waals surface area (Å²) >= 11 is 1.96. The summed E-state index contributed by atoms with van der Waals surface area (Å²) in [6.07, 6.45) is 5.95. The van der Waals surface area contributed by atoms with E-state index >= 15 is 0 Å². The van der Waals surface area contributed by atoms with E-state index in [-0.39, 0.29) is 31.2 Å². The Kier molecular flexibility index (Phi) is 6.29. The molecule has 2 aliphatic rings. The molecule has 1 fully saturated rings. The second-order valence-corrected chi connectivity index (χ2v) is 8.97. The van der Waals surface area contributed by atoms with Gasteiger partial charge in [0.25, 0.3) is 0 Å². The number of aliphatic hydroxyl groups is 1. The van der Waals surface area contributed by atoms with Crippen molar-refractivity contribution in [3.8, 4) is 0 Å². The van der Waals surface area contributed by atoms with Crippen LogP contribution in [0.2, 0.25) is 0 Å². The molecule has 0 aromatic carbocycles. The predicted molar refractivity (Wildman–Crippen MR) is 110 cm³/mol. The van der Waals surface area contributed by atoms with E-state index in [2.05, 4.69) is 33.5 Å². The Balaban J connectivity index is 1.33. The quantitative estimate of drug-likeness (QED) is 0.698. The number of nitrogens with one attached hydrogen (secondary N) is 1. The normalized spacial score (nSPS) is 18.7. The number of carbonyl (C=O) groups excluding carboxylic acids is 1. The Bertz CT molecular complexity index is 841. The van der Waals surface area contributed by atoms with Crippen LogP contribution in [0.5, 0.6) is 0 Å². The molecule has 0 bridgehead atoms. The van der Waals surface area contributed by atoms with Crippen LogP contribution in [0.25, 0.3) is 0 Å². The maximum absolute atomic E-state index is 11.7. The minimum Gasteiger partial charge on any atom is -0.395 e. The highest BCUT2D eigenvalue weighted by Gasteiger charge is 2.41. The number of rotatable bonds is 7. The zero-order valence-electron chi connectivity index (χ0n) is 16.9. The second-order valence-electron chi connectivity index (χ2n) is 7.75. The number of ether oxygens (including phenoxy) is 1. The first-order valence-corrected chi connectivity index (χ1v) is 11.2. The van der Waals surface area contributed by atoms with E-state index in [9.17, 15) is 4.79 Å². The fourth-order valence-corrected chi connectivity index (χ4v) is 5.43. The maximum Gasteiger partial charge on any atom is 0.241 e. The standard InChI is InChI=1S/C20H29N5O3S/c1-2-16-11-17-18(29-16)3-10-28-20(17)4-7-24(8-5-20)12-15-13-25(23-22-15)14-19(27)21-6-9-26/h11,13,26H,2-10,12,14H2,1H3,(H,21,27). The number of amides is 1. The molecule has 0 saturated carbocycles. The maximum atomic E-state index is 11.7. The van der Waals surface area contributed by atoms with Gasteiger partial charge in [-0.2, -0.15) is 0 Å². The summed E-state index contributed by atoms with van der Waals surface area (Å²) in [5, 5.41) is 19.6. The highest BCUT2D eigenvalue weighted by atomic mass is 32.1. The van der Waals surface area contributed by atoms with Crippen LogP contribution in [-0.2, 0) is 41.1 Å². The Labute approximate surface area is 174 Å². The van der Waals surface area contributed by atoms with Crippen LogP contribution in [0.15, 0.2) is 12.3 Å². The third-order valence-electron chi connectivity index (χ3n) is 5.78. The number of likely N-dealkylation sites (tertiary alicyclic amines) is 1. The Morgan fingerprint density at radius 3 is 3.00 bits per heavy atom. The molecule has 2 N–H and O–H groups in total. The first-order chi connectivity index (χ1) is 14.1. The molecule has 158 valence electrons. The van der Waals surface area contributed by atoms with Gasteiger partial charge < -0.3 is 15.2 Å². The lowest BCUT2D eigenvalue weighted by molar-refractivity contribution is -0.122. The molecule has 1 amide bonds. The third kappa shape index (κ3) is 4.53. The summed E-state index contributed by atoms with van der Waals surface area (Å²) in [4.78, 5) is 17.1. The molecule has 0 radical (unpaired) electrons. The van der Waals surface area contributed by atoms with E-state index < -0.39 is 0 Å². The van der Waals surface area contributed by atoms with Crippen molar-refractivity contribution in [3.63, 3.8) is 0 Å². The fourth-order valence-electron chi connectivity index (χ4n) is 4.25. The van der Waals surface area contributed by atoms with E-state index in [0.717, 1.165) is 57.6 Å². The number of fused-ring (bicyclic) bond motifs is 2. The topological polar surface area (TPSA) is 92.5 Å². The van der Waals surface area contributed by atoms with Crippen molar-refractivity contribution in [3.05, 3.63) is 33.3 Å². The summed E-state index contributed by atoms with van der Waals surface area (Å²) < 4.78 is 7.90. The van der Waals surface area contributed by atoms with E-state index in [0.29, 0.717) is 0 Å². The Hall–Kier alpha value is -1.81. The highest BCUT2D eigenvalue weighted by Crippen LogP contribution is 2.44. The number of aliphatic hydroxyl groups excluding tert-OH is 1. The SMILES string of the molecule is CCc1cc2c(s1)CCOC21CCN(Cc2cn(CC(=O)NCCO)nn2)CC1. The molecule has 9 heteroatoms. The molecule has 4 rings (SSSR count). The fraction of sp³-hybridized carbons (Fsp3) is 0.650. The number of carbonyl (C=O) groups is 1. The van der Waals surface area contributed by atoms with Gasteiger partial charge in [-0.3, -0.25) is 9.69 Å². The summed E-state index contributed by atoms with van der Waals surface area (Å²) in [5.41, 5.74) is 2.19. The lowest BCUT2D eigenvalue weighted by atomic mass is 9.82. The molecule has 1 spiro atoms. The van der Waals surface area contributed by atoms with Gasteiger partial charge in [0.05, 0.1) is 30.7 Å². The average Bonchev–Trinajstić information content (AvgIpc) is 3.35. The predicted octanol–water partition coefficient (Wildman–Crippen LogP) is 1.07. The molecular weight excluding hydrogens is 390 g/mol. The van der Waals surface area contributed by atoms with Crippen LogP contribution in [0.4, 0.5) is 0 Å². The van der Waals surface area contributed by atoms with Crippen molar-refractivity contribution >= 4 is 17.2 Å². The van der Waals surface area contributed by atoms with E-state index in [1.807, 2.05) is 17.5 Å². The van der Waals surface area contributed by atoms with Crippen molar-refractivity contribution < 1.29 is 14.6 Å². The monoisotopic (exact) mass is 419 g/mol. The second kappa shape index (κ2) is 8.91. The first-order valence-electron chi connectivity index (χ1n) is 10.4. The number of aromatic nitrogens is 3. The van der Waals surface area contributed by atoms with Crippen LogP contribution in [0.3, 0.4) is 0 Å². The minimum atomic E-state index is -0.178. The van der Waals surface area contributed by atoms with Crippen molar-refractivity contribution in [2.75, 3.05) is 32.8 Å². The minimum absolute atomic E-state index is 0.0683. The number of piperidine rings is 1. The van der Waals surface area contributed by atoms with Crippen LogP contribution in [0.1, 0.15) is 40.8 Å². The van der Waals surface area contributed by atoms with Gasteiger partial charge in [0, 0.05) is 42.4 Å². The molecule has 0 atom stereocenters. The van der Waals surface area contributed by atoms with Gasteiger partial charge in [0.2, 0.25) is 5.91 Å². The van der Waals surface area contributed by atoms with Crippen molar-refractivity contribution in [2.45, 2.75) is 51.3 Å². The molecule has 1 saturated heterocycles. The average molecular weight is 420 g/mol. The summed E-state index contributed by atoms with van der Waals surface area (Å²) in [5.74, 6) is -0.178. The molecule has 0 aliphatic carbocycles. The van der Waals surface area contributed by atoms with Gasteiger partial charge in [-0.05, 0) is 30.9 Å². The Morgan fingerprint density at radius 2 is 2.24 bits per heavy atom. The van der Waals surface area contributed by atoms with Gasteiger partial charge in [-0.15, -0.1) is 16.4 Å². The smallest absolute Gasteiger partial charge is 0.241 e. The van der Waals surface area contributed by atoms with E-state index in [4.69, 9.17) is 9.84 Å². The van der Waals surface area contributed by atoms with Crippen LogP contribution in [-0.4, -0.2) is 63.8 Å². The van der Waals surface area contributed by atoms with E-state index in [1.165, 1.54) is 15.3 Å². The van der Waals surface area contributed by atoms with E-state index in [1.54, 1.807) is 4.68 Å². The number of hydrogen-bond donors (Lipinski definition) is 2. The molecule has 2 aliphatic heterocycles. The first kappa shape index (κ1) is 20.5. The zero-order chi connectivity index (χ0) is 20.3. The van der Waals surface area contributed by atoms with Crippen molar-refractivity contribution in [2.24, 2.45) is 0 Å². The molecular formula is C20H29N5O3S. The number of hydrogen-bond acceptors (Lipinski definition) is 7. The molecule has 2 aromatic rings. The van der Waals surface area contributed by atoms with Crippen LogP contribution < -0.4 is 5.32 Å². The lowest BCUT2D eigenvalue weighted by Crippen LogP contribution is -2.45. The van der Waals surface area contributed by atoms with Crippen molar-refractivity contribution in [1.29, 1.82) is 0 Å². The van der Waals surface area contributed by atoms with Crippen molar-refractivity contribution in [1.82, 2.24) is 25.2 Å². The zero-order valence-corrected chi connectivity index (χ0v) is 17.7. The van der Waals surface area contributed by atoms with Gasteiger partial charge >= 0.3 is 0 Å². The molecule has 2 aromatic heterocycles. The summed E-state index contributed by atoms with van der Waals surface area (Å²) in [7, 11) is 0.